The number of aliphatic carboxylic acids is 1. The average molecular weight is 204 g/mol. The van der Waals surface area contributed by atoms with Gasteiger partial charge in [0.15, 0.2) is 0 Å². The maximum absolute atomic E-state index is 9.85. The van der Waals surface area contributed by atoms with Crippen LogP contribution in [0.1, 0.15) is 59.8 Å². The van der Waals surface area contributed by atoms with Crippen molar-refractivity contribution in [2.45, 2.75) is 65.4 Å². The lowest BCUT2D eigenvalue weighted by molar-refractivity contribution is -0.141. The Morgan fingerprint density at radius 1 is 1.14 bits per heavy atom. The summed E-state index contributed by atoms with van der Waals surface area (Å²) in [7, 11) is 0. The molecule has 0 saturated heterocycles. The molecule has 0 unspecified atom stereocenters. The molecular weight excluding hydrogens is 180 g/mol. The number of aliphatic hydroxyl groups is 1. The predicted molar refractivity (Wildman–Crippen MR) is 58.4 cm³/mol. The molecule has 0 heterocycles. The molecule has 0 aromatic rings. The smallest absolute Gasteiger partial charge is 0.306 e. The van der Waals surface area contributed by atoms with Gasteiger partial charge < -0.3 is 10.2 Å². The molecule has 0 fully saturated rings. The molecule has 3 nitrogen and oxygen atoms in total. The topological polar surface area (TPSA) is 57.5 Å². The Morgan fingerprint density at radius 3 is 1.57 bits per heavy atom. The molecule has 0 aliphatic heterocycles. The van der Waals surface area contributed by atoms with Crippen LogP contribution in [0.2, 0.25) is 0 Å². The van der Waals surface area contributed by atoms with Gasteiger partial charge in [-0.05, 0) is 13.8 Å². The van der Waals surface area contributed by atoms with E-state index in [0.717, 1.165) is 0 Å². The van der Waals surface area contributed by atoms with Crippen LogP contribution < -0.4 is 0 Å². The lowest BCUT2D eigenvalue weighted by Crippen LogP contribution is -2.22. The number of rotatable bonds is 5. The third-order valence-electron chi connectivity index (χ3n) is 1.54. The molecule has 0 aromatic carbocycles. The number of hydrogen-bond donors (Lipinski definition) is 2. The average Bonchev–Trinajstić information content (AvgIpc) is 1.97. The fourth-order valence-corrected chi connectivity index (χ4v) is 0.870. The van der Waals surface area contributed by atoms with E-state index in [1.54, 1.807) is 0 Å². The molecule has 86 valence electrons. The highest BCUT2D eigenvalue weighted by atomic mass is 16.4. The van der Waals surface area contributed by atoms with Crippen molar-refractivity contribution in [1.29, 1.82) is 0 Å². The van der Waals surface area contributed by atoms with E-state index in [0.29, 0.717) is 0 Å². The quantitative estimate of drug-likeness (QED) is 0.677. The lowest BCUT2D eigenvalue weighted by Gasteiger charge is -2.12. The molecule has 0 rings (SSSR count). The Hall–Kier alpha value is -0.570. The fourth-order valence-electron chi connectivity index (χ4n) is 0.870. The molecule has 0 aliphatic carbocycles. The molecule has 0 bridgehead atoms. The molecule has 0 spiro atoms. The Kier molecular flexibility index (Phi) is 10.2. The van der Waals surface area contributed by atoms with Crippen LogP contribution in [0.4, 0.5) is 0 Å². The van der Waals surface area contributed by atoms with Crippen molar-refractivity contribution in [1.82, 2.24) is 0 Å². The van der Waals surface area contributed by atoms with E-state index in [2.05, 4.69) is 13.8 Å². The second-order valence-electron chi connectivity index (χ2n) is 4.09. The summed E-state index contributed by atoms with van der Waals surface area (Å²) in [5.74, 6) is -0.975. The zero-order chi connectivity index (χ0) is 11.6. The predicted octanol–water partition coefficient (Wildman–Crippen LogP) is 2.82. The van der Waals surface area contributed by atoms with Crippen molar-refractivity contribution in [3.05, 3.63) is 0 Å². The summed E-state index contributed by atoms with van der Waals surface area (Å²) in [5.41, 5.74) is -1.08. The second-order valence-corrected chi connectivity index (χ2v) is 4.09. The molecule has 0 radical (unpaired) electrons. The van der Waals surface area contributed by atoms with Crippen LogP contribution in [0.3, 0.4) is 0 Å². The normalized spacial score (nSPS) is 10.4. The Balaban J connectivity index is 0. The number of carbonyl (C=O) groups is 1. The van der Waals surface area contributed by atoms with Crippen LogP contribution >= 0.6 is 0 Å². The van der Waals surface area contributed by atoms with E-state index < -0.39 is 11.6 Å². The van der Waals surface area contributed by atoms with E-state index in [1.807, 2.05) is 0 Å². The van der Waals surface area contributed by atoms with Gasteiger partial charge in [0, 0.05) is 0 Å². The largest absolute Gasteiger partial charge is 0.481 e. The lowest BCUT2D eigenvalue weighted by atomic mass is 10.1. The summed E-state index contributed by atoms with van der Waals surface area (Å²) in [4.78, 5) is 9.85. The van der Waals surface area contributed by atoms with Crippen molar-refractivity contribution in [3.8, 4) is 0 Å². The molecule has 3 heteroatoms. The van der Waals surface area contributed by atoms with E-state index >= 15 is 0 Å². The van der Waals surface area contributed by atoms with Crippen molar-refractivity contribution in [2.24, 2.45) is 0 Å². The van der Waals surface area contributed by atoms with Crippen LogP contribution in [-0.4, -0.2) is 21.8 Å². The van der Waals surface area contributed by atoms with Gasteiger partial charge >= 0.3 is 5.97 Å². The van der Waals surface area contributed by atoms with Crippen molar-refractivity contribution < 1.29 is 15.0 Å². The summed E-state index contributed by atoms with van der Waals surface area (Å²) < 4.78 is 0. The highest BCUT2D eigenvalue weighted by Crippen LogP contribution is 2.05. The van der Waals surface area contributed by atoms with E-state index in [1.165, 1.54) is 39.5 Å². The third kappa shape index (κ3) is 22.5. The zero-order valence-electron chi connectivity index (χ0n) is 9.84. The molecule has 0 aromatic heterocycles. The fraction of sp³-hybridized carbons (Fsp3) is 0.909. The first kappa shape index (κ1) is 15.9. The number of carboxylic acids is 1. The summed E-state index contributed by atoms with van der Waals surface area (Å²) in [6.07, 6.45) is 5.33. The van der Waals surface area contributed by atoms with Gasteiger partial charge in [0.05, 0.1) is 12.0 Å². The molecule has 0 saturated carbocycles. The van der Waals surface area contributed by atoms with Gasteiger partial charge in [-0.25, -0.2) is 0 Å². The summed E-state index contributed by atoms with van der Waals surface area (Å²) >= 11 is 0. The summed E-state index contributed by atoms with van der Waals surface area (Å²) in [6.45, 7) is 7.38. The standard InChI is InChI=1S/C6H14.C5H10O3/c1-3-5-6-4-2;1-5(2,8)3-4(6)7/h3-6H2,1-2H3;8H,3H2,1-2H3,(H,6,7). The van der Waals surface area contributed by atoms with E-state index in [4.69, 9.17) is 10.2 Å². The molecule has 0 amide bonds. The minimum atomic E-state index is -1.08. The van der Waals surface area contributed by atoms with Gasteiger partial charge in [0.25, 0.3) is 0 Å². The summed E-state index contributed by atoms with van der Waals surface area (Å²) in [6, 6.07) is 0. The number of carboxylic acid groups (broad SMARTS) is 1. The Bertz CT molecular complexity index is 132. The molecule has 0 aliphatic rings. The molecule has 14 heavy (non-hydrogen) atoms. The van der Waals surface area contributed by atoms with Crippen molar-refractivity contribution in [2.75, 3.05) is 0 Å². The highest BCUT2D eigenvalue weighted by Gasteiger charge is 2.16. The van der Waals surface area contributed by atoms with Crippen LogP contribution in [0.5, 0.6) is 0 Å². The maximum atomic E-state index is 9.85. The highest BCUT2D eigenvalue weighted by molar-refractivity contribution is 5.67. The maximum Gasteiger partial charge on any atom is 0.306 e. The second kappa shape index (κ2) is 9.00. The minimum Gasteiger partial charge on any atom is -0.481 e. The monoisotopic (exact) mass is 204 g/mol. The first-order chi connectivity index (χ1) is 6.33. The van der Waals surface area contributed by atoms with E-state index in [9.17, 15) is 4.79 Å². The van der Waals surface area contributed by atoms with Gasteiger partial charge in [0.1, 0.15) is 0 Å². The molecular formula is C11H24O3. The van der Waals surface area contributed by atoms with Gasteiger partial charge in [-0.15, -0.1) is 0 Å². The van der Waals surface area contributed by atoms with Gasteiger partial charge in [-0.3, -0.25) is 4.79 Å². The van der Waals surface area contributed by atoms with E-state index in [-0.39, 0.29) is 6.42 Å². The Morgan fingerprint density at radius 2 is 1.50 bits per heavy atom. The van der Waals surface area contributed by atoms with Crippen LogP contribution in [0.15, 0.2) is 0 Å². The first-order valence-corrected chi connectivity index (χ1v) is 5.27. The Labute approximate surface area is 87.1 Å². The van der Waals surface area contributed by atoms with Crippen LogP contribution in [-0.2, 0) is 4.79 Å². The van der Waals surface area contributed by atoms with Gasteiger partial charge in [-0.2, -0.15) is 0 Å². The van der Waals surface area contributed by atoms with Gasteiger partial charge in [-0.1, -0.05) is 39.5 Å². The van der Waals surface area contributed by atoms with Crippen molar-refractivity contribution in [3.63, 3.8) is 0 Å². The molecule has 0 atom stereocenters. The van der Waals surface area contributed by atoms with Crippen LogP contribution in [0.25, 0.3) is 0 Å². The molecule has 2 N–H and O–H groups in total. The first-order valence-electron chi connectivity index (χ1n) is 5.27. The minimum absolute atomic E-state index is 0.201. The number of hydrogen-bond acceptors (Lipinski definition) is 2. The SMILES string of the molecule is CC(C)(O)CC(=O)O.CCCCCC. The van der Waals surface area contributed by atoms with Gasteiger partial charge in [0.2, 0.25) is 0 Å². The van der Waals surface area contributed by atoms with Crippen molar-refractivity contribution >= 4 is 5.97 Å². The summed E-state index contributed by atoms with van der Waals surface area (Å²) in [5, 5.41) is 16.9. The zero-order valence-corrected chi connectivity index (χ0v) is 9.84. The number of unbranched alkanes of at least 4 members (excludes halogenated alkanes) is 3. The third-order valence-corrected chi connectivity index (χ3v) is 1.54. The van der Waals surface area contributed by atoms with Crippen LogP contribution in [0, 0.1) is 0 Å².